The molecule has 0 saturated heterocycles. The van der Waals surface area contributed by atoms with E-state index in [9.17, 15) is 0 Å². The Kier molecular flexibility index (Phi) is 2.82. The van der Waals surface area contributed by atoms with Gasteiger partial charge in [0.25, 0.3) is 0 Å². The molecular weight excluding hydrogens is 334 g/mol. The Labute approximate surface area is 154 Å². The van der Waals surface area contributed by atoms with Crippen LogP contribution < -0.4 is 0 Å². The molecule has 0 fully saturated rings. The zero-order chi connectivity index (χ0) is 17.1. The summed E-state index contributed by atoms with van der Waals surface area (Å²) in [5, 5.41) is 5.28. The maximum atomic E-state index is 3.65. The van der Waals surface area contributed by atoms with Crippen molar-refractivity contribution in [3.05, 3.63) is 84.9 Å². The number of hydrogen-bond donors (Lipinski definition) is 1. The SMILES string of the molecule is c1ccc(-c2cccc3c2sc2c3ccc3c4ccccc4[nH]c32)cc1. The van der Waals surface area contributed by atoms with E-state index in [1.807, 2.05) is 11.3 Å². The van der Waals surface area contributed by atoms with E-state index in [-0.39, 0.29) is 0 Å². The second kappa shape index (κ2) is 5.20. The molecule has 1 N–H and O–H groups in total. The Hall–Kier alpha value is -3.10. The minimum absolute atomic E-state index is 1.20. The summed E-state index contributed by atoms with van der Waals surface area (Å²) in [6.45, 7) is 0. The monoisotopic (exact) mass is 349 g/mol. The highest BCUT2D eigenvalue weighted by atomic mass is 32.1. The number of aromatic nitrogens is 1. The van der Waals surface area contributed by atoms with E-state index < -0.39 is 0 Å². The van der Waals surface area contributed by atoms with E-state index in [1.54, 1.807) is 0 Å². The van der Waals surface area contributed by atoms with Crippen molar-refractivity contribution in [3.8, 4) is 11.1 Å². The van der Waals surface area contributed by atoms with Crippen molar-refractivity contribution in [1.29, 1.82) is 0 Å². The first kappa shape index (κ1) is 14.1. The fourth-order valence-corrected chi connectivity index (χ4v) is 5.36. The van der Waals surface area contributed by atoms with Crippen LogP contribution in [0.5, 0.6) is 0 Å². The van der Waals surface area contributed by atoms with E-state index in [0.717, 1.165) is 0 Å². The molecule has 0 aliphatic carbocycles. The summed E-state index contributed by atoms with van der Waals surface area (Å²) in [7, 11) is 0. The van der Waals surface area contributed by atoms with Gasteiger partial charge in [0.2, 0.25) is 0 Å². The van der Waals surface area contributed by atoms with E-state index in [4.69, 9.17) is 0 Å². The van der Waals surface area contributed by atoms with Gasteiger partial charge >= 0.3 is 0 Å². The second-order valence-electron chi connectivity index (χ2n) is 6.69. The molecule has 2 heteroatoms. The Morgan fingerprint density at radius 3 is 2.19 bits per heavy atom. The standard InChI is InChI=1S/C24H15NS/c1-2-7-15(8-3-1)16-10-6-11-19-20-14-13-18-17-9-4-5-12-21(17)25-22(18)24(20)26-23(16)19/h1-14,25H. The number of thiophene rings is 1. The van der Waals surface area contributed by atoms with Crippen LogP contribution in [-0.2, 0) is 0 Å². The van der Waals surface area contributed by atoms with Crippen molar-refractivity contribution in [1.82, 2.24) is 4.98 Å². The third-order valence-corrected chi connectivity index (χ3v) is 6.50. The van der Waals surface area contributed by atoms with Gasteiger partial charge in [-0.25, -0.2) is 0 Å². The first-order valence-electron chi connectivity index (χ1n) is 8.80. The Bertz CT molecular complexity index is 1420. The molecule has 1 nitrogen and oxygen atoms in total. The third kappa shape index (κ3) is 1.85. The predicted molar refractivity (Wildman–Crippen MR) is 114 cm³/mol. The van der Waals surface area contributed by atoms with Crippen molar-refractivity contribution in [2.75, 3.05) is 0 Å². The fraction of sp³-hybridized carbons (Fsp3) is 0. The number of fused-ring (bicyclic) bond motifs is 7. The molecule has 0 amide bonds. The van der Waals surface area contributed by atoms with Crippen LogP contribution in [0, 0.1) is 0 Å². The third-order valence-electron chi connectivity index (χ3n) is 5.23. The number of nitrogens with one attached hydrogen (secondary N) is 1. The van der Waals surface area contributed by atoms with Gasteiger partial charge < -0.3 is 4.98 Å². The topological polar surface area (TPSA) is 15.8 Å². The largest absolute Gasteiger partial charge is 0.353 e. The van der Waals surface area contributed by atoms with Gasteiger partial charge in [0.15, 0.2) is 0 Å². The number of aromatic amines is 1. The Balaban J connectivity index is 1.78. The first-order valence-corrected chi connectivity index (χ1v) is 9.62. The summed E-state index contributed by atoms with van der Waals surface area (Å²) in [6, 6.07) is 30.4. The summed E-state index contributed by atoms with van der Waals surface area (Å²) >= 11 is 1.90. The average Bonchev–Trinajstić information content (AvgIpc) is 3.27. The minimum atomic E-state index is 1.20. The molecule has 0 unspecified atom stereocenters. The smallest absolute Gasteiger partial charge is 0.0646 e. The quantitative estimate of drug-likeness (QED) is 0.319. The van der Waals surface area contributed by atoms with Crippen molar-refractivity contribution < 1.29 is 0 Å². The maximum absolute atomic E-state index is 3.65. The lowest BCUT2D eigenvalue weighted by Crippen LogP contribution is -1.76. The molecule has 0 saturated carbocycles. The summed E-state index contributed by atoms with van der Waals surface area (Å²) in [4.78, 5) is 3.65. The number of hydrogen-bond acceptors (Lipinski definition) is 1. The second-order valence-corrected chi connectivity index (χ2v) is 7.71. The fourth-order valence-electron chi connectivity index (χ4n) is 4.02. The highest BCUT2D eigenvalue weighted by Crippen LogP contribution is 2.43. The predicted octanol–water partition coefficient (Wildman–Crippen LogP) is 7.36. The molecule has 6 aromatic rings. The molecule has 2 heterocycles. The number of rotatable bonds is 1. The lowest BCUT2D eigenvalue weighted by Gasteiger charge is -2.02. The van der Waals surface area contributed by atoms with Crippen molar-refractivity contribution in [3.63, 3.8) is 0 Å². The van der Waals surface area contributed by atoms with Crippen LogP contribution in [0.25, 0.3) is 53.1 Å². The average molecular weight is 349 g/mol. The molecule has 122 valence electrons. The van der Waals surface area contributed by atoms with E-state index >= 15 is 0 Å². The highest BCUT2D eigenvalue weighted by Gasteiger charge is 2.14. The lowest BCUT2D eigenvalue weighted by atomic mass is 10.0. The van der Waals surface area contributed by atoms with E-state index in [2.05, 4.69) is 89.9 Å². The number of H-pyrrole nitrogens is 1. The van der Waals surface area contributed by atoms with Crippen molar-refractivity contribution in [2.45, 2.75) is 0 Å². The normalized spacial score (nSPS) is 11.8. The first-order chi connectivity index (χ1) is 12.9. The summed E-state index contributed by atoms with van der Waals surface area (Å²) in [5.41, 5.74) is 5.05. The molecule has 0 aliphatic heterocycles. The van der Waals surface area contributed by atoms with Crippen LogP contribution in [0.15, 0.2) is 84.9 Å². The highest BCUT2D eigenvalue weighted by molar-refractivity contribution is 7.27. The van der Waals surface area contributed by atoms with Crippen molar-refractivity contribution in [2.24, 2.45) is 0 Å². The van der Waals surface area contributed by atoms with Crippen LogP contribution in [0.2, 0.25) is 0 Å². The molecule has 0 aliphatic rings. The van der Waals surface area contributed by atoms with E-state index in [0.29, 0.717) is 0 Å². The van der Waals surface area contributed by atoms with Crippen LogP contribution in [-0.4, -0.2) is 4.98 Å². The van der Waals surface area contributed by atoms with Gasteiger partial charge in [0.05, 0.1) is 10.2 Å². The van der Waals surface area contributed by atoms with Crippen LogP contribution in [0.1, 0.15) is 0 Å². The molecule has 6 rings (SSSR count). The van der Waals surface area contributed by atoms with Gasteiger partial charge in [0.1, 0.15) is 0 Å². The van der Waals surface area contributed by atoms with Crippen LogP contribution in [0.3, 0.4) is 0 Å². The lowest BCUT2D eigenvalue weighted by molar-refractivity contribution is 1.57. The van der Waals surface area contributed by atoms with Gasteiger partial charge in [-0.1, -0.05) is 78.9 Å². The Morgan fingerprint density at radius 1 is 0.538 bits per heavy atom. The molecule has 0 radical (unpaired) electrons. The van der Waals surface area contributed by atoms with Gasteiger partial charge in [-0.15, -0.1) is 11.3 Å². The van der Waals surface area contributed by atoms with Crippen LogP contribution >= 0.6 is 11.3 Å². The van der Waals surface area contributed by atoms with Gasteiger partial charge in [0, 0.05) is 31.8 Å². The van der Waals surface area contributed by atoms with Gasteiger partial charge in [-0.3, -0.25) is 0 Å². The maximum Gasteiger partial charge on any atom is 0.0646 e. The molecule has 0 atom stereocenters. The molecule has 4 aromatic carbocycles. The summed E-state index contributed by atoms with van der Waals surface area (Å²) < 4.78 is 2.71. The van der Waals surface area contributed by atoms with E-state index in [1.165, 1.54) is 53.1 Å². The number of benzene rings is 4. The minimum Gasteiger partial charge on any atom is -0.353 e. The molecular formula is C24H15NS. The molecule has 2 aromatic heterocycles. The zero-order valence-electron chi connectivity index (χ0n) is 14.0. The molecule has 0 spiro atoms. The summed E-state index contributed by atoms with van der Waals surface area (Å²) in [6.07, 6.45) is 0. The zero-order valence-corrected chi connectivity index (χ0v) is 14.8. The van der Waals surface area contributed by atoms with Crippen molar-refractivity contribution >= 4 is 53.3 Å². The Morgan fingerprint density at radius 2 is 1.27 bits per heavy atom. The van der Waals surface area contributed by atoms with Gasteiger partial charge in [-0.2, -0.15) is 0 Å². The number of para-hydroxylation sites is 1. The molecule has 0 bridgehead atoms. The summed E-state index contributed by atoms with van der Waals surface area (Å²) in [5.74, 6) is 0. The molecule has 26 heavy (non-hydrogen) atoms. The van der Waals surface area contributed by atoms with Gasteiger partial charge in [-0.05, 0) is 17.2 Å². The van der Waals surface area contributed by atoms with Crippen LogP contribution in [0.4, 0.5) is 0 Å².